The number of hydrogen-bond acceptors (Lipinski definition) is 5. The van der Waals surface area contributed by atoms with Gasteiger partial charge in [0.1, 0.15) is 0 Å². The molecule has 23 heavy (non-hydrogen) atoms. The van der Waals surface area contributed by atoms with Gasteiger partial charge in [0, 0.05) is 6.42 Å². The highest BCUT2D eigenvalue weighted by Crippen LogP contribution is 2.12. The highest BCUT2D eigenvalue weighted by molar-refractivity contribution is 5.85. The lowest BCUT2D eigenvalue weighted by atomic mass is 10.1. The second kappa shape index (κ2) is 9.27. The maximum Gasteiger partial charge on any atom is 0.317 e. The van der Waals surface area contributed by atoms with Gasteiger partial charge in [-0.1, -0.05) is 36.3 Å². The Balaban J connectivity index is 0.00000264. The maximum atomic E-state index is 10.9. The molecule has 1 aromatic carbocycles. The maximum absolute atomic E-state index is 10.9. The van der Waals surface area contributed by atoms with Gasteiger partial charge < -0.3 is 9.63 Å². The van der Waals surface area contributed by atoms with E-state index in [1.54, 1.807) is 4.90 Å². The summed E-state index contributed by atoms with van der Waals surface area (Å²) in [6.07, 6.45) is 1.49. The SMILES string of the molecule is CCCN(CC(=O)O)Cc1nc(Cc2ccccc2C)no1.Cl. The highest BCUT2D eigenvalue weighted by atomic mass is 35.5. The van der Waals surface area contributed by atoms with Crippen molar-refractivity contribution in [2.24, 2.45) is 0 Å². The third kappa shape index (κ3) is 6.00. The van der Waals surface area contributed by atoms with E-state index in [1.807, 2.05) is 38.1 Å². The number of aliphatic carboxylic acids is 1. The Kier molecular flexibility index (Phi) is 7.71. The van der Waals surface area contributed by atoms with Crippen molar-refractivity contribution < 1.29 is 14.4 Å². The molecular formula is C16H22ClN3O3. The fourth-order valence-electron chi connectivity index (χ4n) is 2.32. The first-order valence-corrected chi connectivity index (χ1v) is 7.38. The first-order valence-electron chi connectivity index (χ1n) is 7.38. The standard InChI is InChI=1S/C16H21N3O3.ClH/c1-3-8-19(11-16(20)21)10-15-17-14(18-22-15)9-13-7-5-4-6-12(13)2;/h4-7H,3,8-11H2,1-2H3,(H,20,21);1H. The van der Waals surface area contributed by atoms with Gasteiger partial charge in [0.2, 0.25) is 5.89 Å². The third-order valence-electron chi connectivity index (χ3n) is 3.38. The molecule has 6 nitrogen and oxygen atoms in total. The van der Waals surface area contributed by atoms with Crippen LogP contribution in [0.5, 0.6) is 0 Å². The number of aryl methyl sites for hydroxylation is 1. The molecule has 0 fully saturated rings. The number of aromatic nitrogens is 2. The van der Waals surface area contributed by atoms with E-state index in [-0.39, 0.29) is 19.0 Å². The van der Waals surface area contributed by atoms with Crippen molar-refractivity contribution in [1.82, 2.24) is 15.0 Å². The number of carboxylic acid groups (broad SMARTS) is 1. The first kappa shape index (κ1) is 19.1. The van der Waals surface area contributed by atoms with Gasteiger partial charge in [-0.05, 0) is 31.0 Å². The molecule has 0 saturated carbocycles. The van der Waals surface area contributed by atoms with Crippen LogP contribution in [0.4, 0.5) is 0 Å². The molecule has 1 heterocycles. The Hall–Kier alpha value is -1.92. The molecule has 0 amide bonds. The van der Waals surface area contributed by atoms with Crippen molar-refractivity contribution in [3.05, 3.63) is 47.1 Å². The largest absolute Gasteiger partial charge is 0.480 e. The molecule has 0 aliphatic carbocycles. The zero-order valence-electron chi connectivity index (χ0n) is 13.4. The van der Waals surface area contributed by atoms with Crippen molar-refractivity contribution >= 4 is 18.4 Å². The molecule has 1 N–H and O–H groups in total. The Morgan fingerprint density at radius 2 is 2.09 bits per heavy atom. The number of halogens is 1. The molecule has 0 spiro atoms. The molecule has 2 aromatic rings. The number of carboxylic acids is 1. The number of rotatable bonds is 8. The molecule has 0 saturated heterocycles. The molecule has 1 aromatic heterocycles. The van der Waals surface area contributed by atoms with Crippen molar-refractivity contribution in [2.75, 3.05) is 13.1 Å². The van der Waals surface area contributed by atoms with E-state index in [1.165, 1.54) is 5.56 Å². The van der Waals surface area contributed by atoms with Gasteiger partial charge in [-0.15, -0.1) is 12.4 Å². The minimum atomic E-state index is -0.854. The van der Waals surface area contributed by atoms with E-state index < -0.39 is 5.97 Å². The smallest absolute Gasteiger partial charge is 0.317 e. The van der Waals surface area contributed by atoms with Gasteiger partial charge in [-0.25, -0.2) is 0 Å². The van der Waals surface area contributed by atoms with Crippen LogP contribution in [0.25, 0.3) is 0 Å². The Morgan fingerprint density at radius 3 is 2.74 bits per heavy atom. The number of benzene rings is 1. The average molecular weight is 340 g/mol. The zero-order valence-corrected chi connectivity index (χ0v) is 14.2. The average Bonchev–Trinajstić information content (AvgIpc) is 2.88. The zero-order chi connectivity index (χ0) is 15.9. The van der Waals surface area contributed by atoms with Crippen molar-refractivity contribution in [2.45, 2.75) is 33.2 Å². The summed E-state index contributed by atoms with van der Waals surface area (Å²) in [7, 11) is 0. The number of nitrogens with zero attached hydrogens (tertiary/aromatic N) is 3. The molecule has 0 bridgehead atoms. The Labute approximate surface area is 141 Å². The molecule has 0 radical (unpaired) electrons. The van der Waals surface area contributed by atoms with E-state index in [0.717, 1.165) is 12.0 Å². The molecular weight excluding hydrogens is 318 g/mol. The van der Waals surface area contributed by atoms with Crippen LogP contribution in [0.2, 0.25) is 0 Å². The molecule has 0 aliphatic heterocycles. The van der Waals surface area contributed by atoms with Crippen LogP contribution in [0.3, 0.4) is 0 Å². The van der Waals surface area contributed by atoms with E-state index in [0.29, 0.717) is 31.2 Å². The van der Waals surface area contributed by atoms with Crippen molar-refractivity contribution in [1.29, 1.82) is 0 Å². The molecule has 7 heteroatoms. The van der Waals surface area contributed by atoms with Crippen LogP contribution in [-0.2, 0) is 17.8 Å². The lowest BCUT2D eigenvalue weighted by Gasteiger charge is -2.16. The monoisotopic (exact) mass is 339 g/mol. The number of hydrogen-bond donors (Lipinski definition) is 1. The molecule has 0 unspecified atom stereocenters. The summed E-state index contributed by atoms with van der Waals surface area (Å²) in [4.78, 5) is 17.0. The lowest BCUT2D eigenvalue weighted by Crippen LogP contribution is -2.30. The fraction of sp³-hybridized carbons (Fsp3) is 0.438. The minimum Gasteiger partial charge on any atom is -0.480 e. The van der Waals surface area contributed by atoms with Gasteiger partial charge in [0.15, 0.2) is 5.82 Å². The van der Waals surface area contributed by atoms with Crippen molar-refractivity contribution in [3.8, 4) is 0 Å². The summed E-state index contributed by atoms with van der Waals surface area (Å²) in [5.41, 5.74) is 2.35. The molecule has 126 valence electrons. The van der Waals surface area contributed by atoms with Crippen LogP contribution >= 0.6 is 12.4 Å². The summed E-state index contributed by atoms with van der Waals surface area (Å²) >= 11 is 0. The normalized spacial score (nSPS) is 10.6. The third-order valence-corrected chi connectivity index (χ3v) is 3.38. The van der Waals surface area contributed by atoms with E-state index in [9.17, 15) is 4.79 Å². The molecule has 0 atom stereocenters. The van der Waals surface area contributed by atoms with E-state index >= 15 is 0 Å². The van der Waals surface area contributed by atoms with Crippen molar-refractivity contribution in [3.63, 3.8) is 0 Å². The predicted molar refractivity (Wildman–Crippen MR) is 88.7 cm³/mol. The van der Waals surface area contributed by atoms with E-state index in [4.69, 9.17) is 9.63 Å². The summed E-state index contributed by atoms with van der Waals surface area (Å²) in [5, 5.41) is 12.9. The van der Waals surface area contributed by atoms with E-state index in [2.05, 4.69) is 10.1 Å². The number of carbonyl (C=O) groups is 1. The summed E-state index contributed by atoms with van der Waals surface area (Å²) in [6.45, 7) is 5.07. The van der Waals surface area contributed by atoms with Gasteiger partial charge in [0.25, 0.3) is 0 Å². The van der Waals surface area contributed by atoms with Gasteiger partial charge in [-0.3, -0.25) is 9.69 Å². The highest BCUT2D eigenvalue weighted by Gasteiger charge is 2.14. The molecule has 2 rings (SSSR count). The topological polar surface area (TPSA) is 79.5 Å². The summed E-state index contributed by atoms with van der Waals surface area (Å²) < 4.78 is 5.24. The Bertz CT molecular complexity index is 631. The van der Waals surface area contributed by atoms with Crippen LogP contribution < -0.4 is 0 Å². The fourth-order valence-corrected chi connectivity index (χ4v) is 2.32. The van der Waals surface area contributed by atoms with Crippen LogP contribution in [-0.4, -0.2) is 39.2 Å². The van der Waals surface area contributed by atoms with Gasteiger partial charge in [-0.2, -0.15) is 4.98 Å². The Morgan fingerprint density at radius 1 is 1.35 bits per heavy atom. The summed E-state index contributed by atoms with van der Waals surface area (Å²) in [5.74, 6) is 0.224. The second-order valence-corrected chi connectivity index (χ2v) is 5.31. The summed E-state index contributed by atoms with van der Waals surface area (Å²) in [6, 6.07) is 8.07. The predicted octanol–water partition coefficient (Wildman–Crippen LogP) is 2.69. The second-order valence-electron chi connectivity index (χ2n) is 5.31. The van der Waals surface area contributed by atoms with Gasteiger partial charge >= 0.3 is 5.97 Å². The van der Waals surface area contributed by atoms with Crippen LogP contribution in [0.1, 0.15) is 36.2 Å². The lowest BCUT2D eigenvalue weighted by molar-refractivity contribution is -0.138. The van der Waals surface area contributed by atoms with Gasteiger partial charge in [0.05, 0.1) is 13.1 Å². The molecule has 0 aliphatic rings. The van der Waals surface area contributed by atoms with Crippen LogP contribution in [0, 0.1) is 6.92 Å². The first-order chi connectivity index (χ1) is 10.6. The minimum absolute atomic E-state index is 0. The van der Waals surface area contributed by atoms with Crippen LogP contribution in [0.15, 0.2) is 28.8 Å². The quantitative estimate of drug-likeness (QED) is 0.796.